The highest BCUT2D eigenvalue weighted by Gasteiger charge is 2.53. The lowest BCUT2D eigenvalue weighted by Gasteiger charge is -2.42. The summed E-state index contributed by atoms with van der Waals surface area (Å²) in [5, 5.41) is 20.5. The molecule has 0 amide bonds. The van der Waals surface area contributed by atoms with Gasteiger partial charge in [-0.3, -0.25) is 0 Å². The molecule has 0 fully saturated rings. The Labute approximate surface area is 192 Å². The third-order valence-corrected chi connectivity index (χ3v) is 6.89. The van der Waals surface area contributed by atoms with Gasteiger partial charge in [0.2, 0.25) is 5.79 Å². The van der Waals surface area contributed by atoms with E-state index in [1.807, 2.05) is 0 Å². The Morgan fingerprint density at radius 2 is 1.57 bits per heavy atom. The summed E-state index contributed by atoms with van der Waals surface area (Å²) in [6, 6.07) is 1.70. The maximum Gasteiger partial charge on any atom is 0.248 e. The quantitative estimate of drug-likeness (QED) is 0.356. The van der Waals surface area contributed by atoms with E-state index in [1.54, 1.807) is 6.07 Å². The number of hydrogen-bond acceptors (Lipinski definition) is 8. The third kappa shape index (κ3) is 3.74. The number of methoxy groups -OCH3 is 6. The van der Waals surface area contributed by atoms with Crippen molar-refractivity contribution in [3.05, 3.63) is 38.8 Å². The first-order valence-corrected chi connectivity index (χ1v) is 10.5. The molecule has 8 nitrogen and oxygen atoms in total. The lowest BCUT2D eigenvalue weighted by molar-refractivity contribution is -0.198. The number of allylic oxidation sites excluding steroid dienone is 1. The molecule has 168 valence electrons. The molecule has 0 spiro atoms. The molecular formula is C20H26Br2O8. The van der Waals surface area contributed by atoms with Crippen molar-refractivity contribution in [2.45, 2.75) is 17.2 Å². The maximum atomic E-state index is 10.3. The van der Waals surface area contributed by atoms with Crippen LogP contribution in [-0.2, 0) is 25.6 Å². The number of alkyl halides is 1. The van der Waals surface area contributed by atoms with E-state index in [1.165, 1.54) is 42.7 Å². The lowest BCUT2D eigenvalue weighted by atomic mass is 9.84. The predicted octanol–water partition coefficient (Wildman–Crippen LogP) is 2.98. The fourth-order valence-corrected chi connectivity index (χ4v) is 5.14. The van der Waals surface area contributed by atoms with Crippen LogP contribution >= 0.6 is 31.9 Å². The fourth-order valence-electron chi connectivity index (χ4n) is 3.65. The van der Waals surface area contributed by atoms with Crippen molar-refractivity contribution in [2.75, 3.05) is 49.3 Å². The summed E-state index contributed by atoms with van der Waals surface area (Å²) < 4.78 is 34.5. The molecule has 1 aromatic carbocycles. The first-order valence-electron chi connectivity index (χ1n) is 8.83. The van der Waals surface area contributed by atoms with E-state index in [0.717, 1.165) is 0 Å². The molecule has 2 rings (SSSR count). The Kier molecular flexibility index (Phi) is 8.60. The molecule has 2 N–H and O–H groups in total. The van der Waals surface area contributed by atoms with Crippen molar-refractivity contribution in [1.29, 1.82) is 0 Å². The van der Waals surface area contributed by atoms with Gasteiger partial charge in [-0.1, -0.05) is 31.9 Å². The summed E-state index contributed by atoms with van der Waals surface area (Å²) in [5.74, 6) is -0.109. The molecule has 1 aliphatic rings. The van der Waals surface area contributed by atoms with E-state index in [4.69, 9.17) is 28.4 Å². The zero-order valence-electron chi connectivity index (χ0n) is 17.7. The summed E-state index contributed by atoms with van der Waals surface area (Å²) in [7, 11) is 8.86. The van der Waals surface area contributed by atoms with Gasteiger partial charge in [0.1, 0.15) is 4.83 Å². The van der Waals surface area contributed by atoms with E-state index < -0.39 is 10.6 Å². The highest BCUT2D eigenvalue weighted by molar-refractivity contribution is 9.10. The van der Waals surface area contributed by atoms with Gasteiger partial charge in [0.15, 0.2) is 23.0 Å². The number of aliphatic hydroxyl groups excluding tert-OH is 2. The molecule has 1 aliphatic carbocycles. The standard InChI is InChI=1S/C20H26Br2O8/c1-25-13-7-12(21)10(8-23)14(16(13)26-2)15-11(9-24)18(22)20(29-5,30-6)19(28-4)17(15)27-3/h7,18,23-24H,8-9H2,1-6H3/t18-/m0/s1. The maximum absolute atomic E-state index is 10.3. The van der Waals surface area contributed by atoms with Crippen LogP contribution < -0.4 is 9.47 Å². The monoisotopic (exact) mass is 552 g/mol. The van der Waals surface area contributed by atoms with E-state index >= 15 is 0 Å². The van der Waals surface area contributed by atoms with Crippen LogP contribution in [0.5, 0.6) is 11.5 Å². The first-order chi connectivity index (χ1) is 14.4. The van der Waals surface area contributed by atoms with E-state index in [-0.39, 0.29) is 24.7 Å². The number of benzene rings is 1. The second kappa shape index (κ2) is 10.3. The van der Waals surface area contributed by atoms with Gasteiger partial charge in [0.05, 0.1) is 41.7 Å². The molecule has 10 heteroatoms. The normalized spacial score (nSPS) is 18.5. The molecule has 1 atom stereocenters. The van der Waals surface area contributed by atoms with E-state index in [0.29, 0.717) is 38.2 Å². The molecule has 0 bridgehead atoms. The molecule has 0 aromatic heterocycles. The zero-order chi connectivity index (χ0) is 22.6. The van der Waals surface area contributed by atoms with E-state index in [9.17, 15) is 10.2 Å². The van der Waals surface area contributed by atoms with Crippen molar-refractivity contribution < 1.29 is 38.6 Å². The molecular weight excluding hydrogens is 528 g/mol. The van der Waals surface area contributed by atoms with Crippen LogP contribution in [-0.4, -0.2) is 70.1 Å². The minimum Gasteiger partial charge on any atom is -0.493 e. The summed E-state index contributed by atoms with van der Waals surface area (Å²) in [6.07, 6.45) is 0. The van der Waals surface area contributed by atoms with Gasteiger partial charge in [-0.2, -0.15) is 0 Å². The van der Waals surface area contributed by atoms with Crippen molar-refractivity contribution in [3.63, 3.8) is 0 Å². The van der Waals surface area contributed by atoms with Crippen molar-refractivity contribution in [1.82, 2.24) is 0 Å². The van der Waals surface area contributed by atoms with Gasteiger partial charge < -0.3 is 38.6 Å². The summed E-state index contributed by atoms with van der Waals surface area (Å²) in [6.45, 7) is -0.684. The van der Waals surface area contributed by atoms with Crippen LogP contribution in [0, 0.1) is 0 Å². The van der Waals surface area contributed by atoms with Crippen molar-refractivity contribution in [3.8, 4) is 11.5 Å². The second-order valence-electron chi connectivity index (χ2n) is 6.17. The van der Waals surface area contributed by atoms with Crippen LogP contribution in [0.2, 0.25) is 0 Å². The fraction of sp³-hybridized carbons (Fsp3) is 0.500. The topological polar surface area (TPSA) is 95.8 Å². The highest BCUT2D eigenvalue weighted by Crippen LogP contribution is 2.52. The number of aliphatic hydroxyl groups is 2. The van der Waals surface area contributed by atoms with Crippen LogP contribution in [0.25, 0.3) is 5.57 Å². The molecule has 0 heterocycles. The summed E-state index contributed by atoms with van der Waals surface area (Å²) in [4.78, 5) is -0.657. The Morgan fingerprint density at radius 1 is 0.933 bits per heavy atom. The first kappa shape index (κ1) is 25.0. The number of rotatable bonds is 9. The summed E-state index contributed by atoms with van der Waals surface area (Å²) >= 11 is 7.08. The lowest BCUT2D eigenvalue weighted by Crippen LogP contribution is -2.50. The highest BCUT2D eigenvalue weighted by atomic mass is 79.9. The largest absolute Gasteiger partial charge is 0.493 e. The van der Waals surface area contributed by atoms with Gasteiger partial charge in [-0.15, -0.1) is 0 Å². The number of halogens is 2. The molecule has 30 heavy (non-hydrogen) atoms. The smallest absolute Gasteiger partial charge is 0.248 e. The average molecular weight is 554 g/mol. The number of ether oxygens (including phenoxy) is 6. The third-order valence-electron chi connectivity index (χ3n) is 5.03. The summed E-state index contributed by atoms with van der Waals surface area (Å²) in [5.41, 5.74) is 1.93. The second-order valence-corrected chi connectivity index (χ2v) is 7.94. The molecule has 0 unspecified atom stereocenters. The van der Waals surface area contributed by atoms with Crippen LogP contribution in [0.15, 0.2) is 27.6 Å². The van der Waals surface area contributed by atoms with Crippen LogP contribution in [0.4, 0.5) is 0 Å². The van der Waals surface area contributed by atoms with Gasteiger partial charge in [0.25, 0.3) is 0 Å². The zero-order valence-corrected chi connectivity index (χ0v) is 20.8. The van der Waals surface area contributed by atoms with Crippen LogP contribution in [0.1, 0.15) is 11.1 Å². The minimum atomic E-state index is -1.40. The van der Waals surface area contributed by atoms with Crippen molar-refractivity contribution >= 4 is 37.4 Å². The SMILES string of the molecule is COC1=C(OC)C(OC)(OC)[C@@H](Br)C(CO)=C1c1c(CO)c(Br)cc(OC)c1OC. The Hall–Kier alpha value is -1.30. The Bertz CT molecular complexity index is 846. The molecule has 1 aromatic rings. The van der Waals surface area contributed by atoms with Crippen molar-refractivity contribution in [2.24, 2.45) is 0 Å². The molecule has 0 saturated carbocycles. The van der Waals surface area contributed by atoms with Gasteiger partial charge in [-0.05, 0) is 11.6 Å². The minimum absolute atomic E-state index is 0.244. The number of hydrogen-bond donors (Lipinski definition) is 2. The molecule has 0 radical (unpaired) electrons. The molecule has 0 aliphatic heterocycles. The molecule has 0 saturated heterocycles. The predicted molar refractivity (Wildman–Crippen MR) is 118 cm³/mol. The Balaban J connectivity index is 3.09. The van der Waals surface area contributed by atoms with Crippen LogP contribution in [0.3, 0.4) is 0 Å². The van der Waals surface area contributed by atoms with E-state index in [2.05, 4.69) is 31.9 Å². The average Bonchev–Trinajstić information content (AvgIpc) is 2.77. The Morgan fingerprint density at radius 3 is 1.97 bits per heavy atom. The van der Waals surface area contributed by atoms with Gasteiger partial charge >= 0.3 is 0 Å². The van der Waals surface area contributed by atoms with Gasteiger partial charge in [0, 0.05) is 35.4 Å². The van der Waals surface area contributed by atoms with Gasteiger partial charge in [-0.25, -0.2) is 0 Å².